The first kappa shape index (κ1) is 12.6. The molecule has 0 fully saturated rings. The number of aromatic nitrogens is 2. The van der Waals surface area contributed by atoms with Crippen LogP contribution in [-0.2, 0) is 13.1 Å². The van der Waals surface area contributed by atoms with Crippen LogP contribution in [0.3, 0.4) is 0 Å². The van der Waals surface area contributed by atoms with Crippen LogP contribution >= 0.6 is 0 Å². The van der Waals surface area contributed by atoms with Gasteiger partial charge in [0.25, 0.3) is 0 Å². The lowest BCUT2D eigenvalue weighted by Crippen LogP contribution is -2.06. The van der Waals surface area contributed by atoms with Crippen LogP contribution in [0.2, 0.25) is 0 Å². The van der Waals surface area contributed by atoms with E-state index in [4.69, 9.17) is 4.74 Å². The van der Waals surface area contributed by atoms with E-state index in [9.17, 15) is 0 Å². The lowest BCUT2D eigenvalue weighted by Gasteiger charge is -2.06. The van der Waals surface area contributed by atoms with Crippen molar-refractivity contribution in [3.63, 3.8) is 0 Å². The summed E-state index contributed by atoms with van der Waals surface area (Å²) in [4.78, 5) is 0. The molecule has 0 saturated heterocycles. The first-order valence-corrected chi connectivity index (χ1v) is 6.14. The van der Waals surface area contributed by atoms with E-state index < -0.39 is 0 Å². The number of nitrogens with one attached hydrogen (secondary N) is 1. The van der Waals surface area contributed by atoms with Crippen LogP contribution in [0, 0.1) is 0 Å². The first-order valence-electron chi connectivity index (χ1n) is 6.14. The highest BCUT2D eigenvalue weighted by Crippen LogP contribution is 2.24. The smallest absolute Gasteiger partial charge is 0.119 e. The Labute approximate surface area is 108 Å². The van der Waals surface area contributed by atoms with Gasteiger partial charge in [0.05, 0.1) is 18.5 Å². The summed E-state index contributed by atoms with van der Waals surface area (Å²) in [5.74, 6) is 0.867. The van der Waals surface area contributed by atoms with E-state index >= 15 is 0 Å². The van der Waals surface area contributed by atoms with Gasteiger partial charge in [-0.15, -0.1) is 0 Å². The highest BCUT2D eigenvalue weighted by Gasteiger charge is 2.09. The van der Waals surface area contributed by atoms with Gasteiger partial charge in [-0.1, -0.05) is 12.1 Å². The minimum Gasteiger partial charge on any atom is -0.497 e. The molecule has 2 aromatic rings. The van der Waals surface area contributed by atoms with Crippen molar-refractivity contribution in [2.45, 2.75) is 20.0 Å². The SMILES string of the molecule is CCn1nc(CNC)cc1-c1cccc(OC)c1. The van der Waals surface area contributed by atoms with E-state index in [1.165, 1.54) is 0 Å². The van der Waals surface area contributed by atoms with Crippen molar-refractivity contribution in [3.8, 4) is 17.0 Å². The molecular weight excluding hydrogens is 226 g/mol. The first-order chi connectivity index (χ1) is 8.78. The van der Waals surface area contributed by atoms with Crippen molar-refractivity contribution in [1.29, 1.82) is 0 Å². The molecule has 0 bridgehead atoms. The molecule has 18 heavy (non-hydrogen) atoms. The number of ether oxygens (including phenoxy) is 1. The fraction of sp³-hybridized carbons (Fsp3) is 0.357. The third-order valence-corrected chi connectivity index (χ3v) is 2.85. The monoisotopic (exact) mass is 245 g/mol. The molecule has 4 nitrogen and oxygen atoms in total. The molecule has 0 radical (unpaired) electrons. The van der Waals surface area contributed by atoms with Gasteiger partial charge in [0.2, 0.25) is 0 Å². The lowest BCUT2D eigenvalue weighted by atomic mass is 10.1. The highest BCUT2D eigenvalue weighted by molar-refractivity contribution is 5.62. The van der Waals surface area contributed by atoms with Crippen molar-refractivity contribution in [3.05, 3.63) is 36.0 Å². The topological polar surface area (TPSA) is 39.1 Å². The zero-order chi connectivity index (χ0) is 13.0. The van der Waals surface area contributed by atoms with Gasteiger partial charge in [0.1, 0.15) is 5.75 Å². The number of rotatable bonds is 5. The van der Waals surface area contributed by atoms with Crippen LogP contribution in [0.25, 0.3) is 11.3 Å². The summed E-state index contributed by atoms with van der Waals surface area (Å²) in [7, 11) is 3.61. The van der Waals surface area contributed by atoms with Crippen molar-refractivity contribution in [2.24, 2.45) is 0 Å². The Morgan fingerprint density at radius 3 is 2.83 bits per heavy atom. The fourth-order valence-corrected chi connectivity index (χ4v) is 1.99. The lowest BCUT2D eigenvalue weighted by molar-refractivity contribution is 0.415. The van der Waals surface area contributed by atoms with Crippen LogP contribution in [-0.4, -0.2) is 23.9 Å². The van der Waals surface area contributed by atoms with Crippen LogP contribution in [0.4, 0.5) is 0 Å². The molecule has 0 aliphatic rings. The van der Waals surface area contributed by atoms with Crippen LogP contribution in [0.15, 0.2) is 30.3 Å². The minimum atomic E-state index is 0.782. The maximum Gasteiger partial charge on any atom is 0.119 e. The molecule has 0 unspecified atom stereocenters. The average Bonchev–Trinajstić information content (AvgIpc) is 2.82. The van der Waals surface area contributed by atoms with Gasteiger partial charge in [0, 0.05) is 18.7 Å². The van der Waals surface area contributed by atoms with Gasteiger partial charge in [-0.2, -0.15) is 5.10 Å². The van der Waals surface area contributed by atoms with Crippen molar-refractivity contribution >= 4 is 0 Å². The number of nitrogens with zero attached hydrogens (tertiary/aromatic N) is 2. The van der Waals surface area contributed by atoms with Crippen molar-refractivity contribution in [1.82, 2.24) is 15.1 Å². The summed E-state index contributed by atoms with van der Waals surface area (Å²) in [6, 6.07) is 10.2. The van der Waals surface area contributed by atoms with Crippen LogP contribution < -0.4 is 10.1 Å². The fourth-order valence-electron chi connectivity index (χ4n) is 1.99. The van der Waals surface area contributed by atoms with Gasteiger partial charge in [0.15, 0.2) is 0 Å². The Bertz CT molecular complexity index is 520. The third-order valence-electron chi connectivity index (χ3n) is 2.85. The van der Waals surface area contributed by atoms with Gasteiger partial charge < -0.3 is 10.1 Å². The maximum absolute atomic E-state index is 5.26. The summed E-state index contributed by atoms with van der Waals surface area (Å²) in [5.41, 5.74) is 3.31. The number of aryl methyl sites for hydroxylation is 1. The Balaban J connectivity index is 2.41. The van der Waals surface area contributed by atoms with Gasteiger partial charge in [-0.25, -0.2) is 0 Å². The van der Waals surface area contributed by atoms with E-state index in [-0.39, 0.29) is 0 Å². The Kier molecular flexibility index (Phi) is 3.99. The van der Waals surface area contributed by atoms with Gasteiger partial charge in [-0.05, 0) is 32.2 Å². The largest absolute Gasteiger partial charge is 0.497 e. The van der Waals surface area contributed by atoms with Gasteiger partial charge in [-0.3, -0.25) is 4.68 Å². The Morgan fingerprint density at radius 1 is 1.33 bits per heavy atom. The van der Waals surface area contributed by atoms with E-state index in [0.717, 1.165) is 35.8 Å². The summed E-state index contributed by atoms with van der Waals surface area (Å²) in [6.07, 6.45) is 0. The second kappa shape index (κ2) is 5.69. The zero-order valence-electron chi connectivity index (χ0n) is 11.1. The highest BCUT2D eigenvalue weighted by atomic mass is 16.5. The second-order valence-electron chi connectivity index (χ2n) is 4.10. The summed E-state index contributed by atoms with van der Waals surface area (Å²) >= 11 is 0. The minimum absolute atomic E-state index is 0.782. The molecule has 1 heterocycles. The van der Waals surface area contributed by atoms with Crippen molar-refractivity contribution in [2.75, 3.05) is 14.2 Å². The normalized spacial score (nSPS) is 10.6. The van der Waals surface area contributed by atoms with E-state index in [2.05, 4.69) is 29.5 Å². The number of hydrogen-bond donors (Lipinski definition) is 1. The molecule has 0 atom stereocenters. The zero-order valence-corrected chi connectivity index (χ0v) is 11.1. The molecule has 0 aliphatic carbocycles. The second-order valence-corrected chi connectivity index (χ2v) is 4.10. The molecule has 0 amide bonds. The molecule has 1 N–H and O–H groups in total. The molecule has 4 heteroatoms. The van der Waals surface area contributed by atoms with Crippen LogP contribution in [0.1, 0.15) is 12.6 Å². The summed E-state index contributed by atoms with van der Waals surface area (Å²) < 4.78 is 7.28. The number of benzene rings is 1. The Hall–Kier alpha value is -1.81. The molecule has 0 spiro atoms. The summed E-state index contributed by atoms with van der Waals surface area (Å²) in [5, 5.41) is 7.69. The molecule has 0 aliphatic heterocycles. The maximum atomic E-state index is 5.26. The van der Waals surface area contributed by atoms with Crippen molar-refractivity contribution < 1.29 is 4.74 Å². The summed E-state index contributed by atoms with van der Waals surface area (Å²) in [6.45, 7) is 3.74. The number of methoxy groups -OCH3 is 1. The van der Waals surface area contributed by atoms with E-state index in [1.54, 1.807) is 7.11 Å². The van der Waals surface area contributed by atoms with Crippen LogP contribution in [0.5, 0.6) is 5.75 Å². The quantitative estimate of drug-likeness (QED) is 0.878. The standard InChI is InChI=1S/C14H19N3O/c1-4-17-14(9-12(16-17)10-15-2)11-6-5-7-13(8-11)18-3/h5-9,15H,4,10H2,1-3H3. The molecule has 2 rings (SSSR count). The van der Waals surface area contributed by atoms with E-state index in [1.807, 2.05) is 29.9 Å². The number of hydrogen-bond acceptors (Lipinski definition) is 3. The van der Waals surface area contributed by atoms with E-state index in [0.29, 0.717) is 0 Å². The Morgan fingerprint density at radius 2 is 2.17 bits per heavy atom. The average molecular weight is 245 g/mol. The predicted octanol–water partition coefficient (Wildman–Crippen LogP) is 2.30. The van der Waals surface area contributed by atoms with Gasteiger partial charge >= 0.3 is 0 Å². The molecular formula is C14H19N3O. The third kappa shape index (κ3) is 2.54. The molecule has 1 aromatic heterocycles. The molecule has 0 saturated carbocycles. The molecule has 1 aromatic carbocycles. The molecule has 96 valence electrons. The predicted molar refractivity (Wildman–Crippen MR) is 72.7 cm³/mol.